The average Bonchev–Trinajstić information content (AvgIpc) is 2.65. The van der Waals surface area contributed by atoms with Crippen LogP contribution in [0, 0.1) is 20.8 Å². The van der Waals surface area contributed by atoms with Gasteiger partial charge in [0.15, 0.2) is 0 Å². The first-order chi connectivity index (χ1) is 9.04. The third-order valence-corrected chi connectivity index (χ3v) is 2.70. The van der Waals surface area contributed by atoms with Gasteiger partial charge in [-0.3, -0.25) is 4.79 Å². The van der Waals surface area contributed by atoms with Crippen LogP contribution >= 0.6 is 0 Å². The SMILES string of the molecule is Cc1ccnc(NC(=O)CCn2nc(C)nc2C)c1. The predicted molar refractivity (Wildman–Crippen MR) is 71.7 cm³/mol. The van der Waals surface area contributed by atoms with Crippen molar-refractivity contribution in [2.24, 2.45) is 0 Å². The number of hydrogen-bond donors (Lipinski definition) is 1. The zero-order valence-electron chi connectivity index (χ0n) is 11.3. The Balaban J connectivity index is 1.90. The summed E-state index contributed by atoms with van der Waals surface area (Å²) in [7, 11) is 0. The summed E-state index contributed by atoms with van der Waals surface area (Å²) in [6.07, 6.45) is 2.02. The van der Waals surface area contributed by atoms with Gasteiger partial charge in [0, 0.05) is 12.6 Å². The Kier molecular flexibility index (Phi) is 3.89. The maximum atomic E-state index is 11.8. The molecule has 0 bridgehead atoms. The monoisotopic (exact) mass is 259 g/mol. The van der Waals surface area contributed by atoms with Crippen LogP contribution in [0.3, 0.4) is 0 Å². The molecule has 1 N–H and O–H groups in total. The van der Waals surface area contributed by atoms with Crippen LogP contribution in [0.2, 0.25) is 0 Å². The topological polar surface area (TPSA) is 72.7 Å². The summed E-state index contributed by atoms with van der Waals surface area (Å²) in [4.78, 5) is 20.1. The van der Waals surface area contributed by atoms with Gasteiger partial charge < -0.3 is 5.32 Å². The zero-order chi connectivity index (χ0) is 13.8. The van der Waals surface area contributed by atoms with Crippen LogP contribution in [-0.4, -0.2) is 25.7 Å². The highest BCUT2D eigenvalue weighted by molar-refractivity contribution is 5.89. The second kappa shape index (κ2) is 5.60. The minimum Gasteiger partial charge on any atom is -0.311 e. The molecule has 0 atom stereocenters. The summed E-state index contributed by atoms with van der Waals surface area (Å²) in [5.41, 5.74) is 1.06. The number of carbonyl (C=O) groups is 1. The number of rotatable bonds is 4. The molecule has 0 fully saturated rings. The summed E-state index contributed by atoms with van der Waals surface area (Å²) in [6, 6.07) is 3.72. The van der Waals surface area contributed by atoms with Crippen molar-refractivity contribution in [3.8, 4) is 0 Å². The molecule has 2 aromatic heterocycles. The van der Waals surface area contributed by atoms with Gasteiger partial charge in [-0.05, 0) is 38.5 Å². The minimum absolute atomic E-state index is 0.0781. The fraction of sp³-hybridized carbons (Fsp3) is 0.385. The van der Waals surface area contributed by atoms with Crippen LogP contribution in [0.15, 0.2) is 18.3 Å². The summed E-state index contributed by atoms with van der Waals surface area (Å²) in [6.45, 7) is 6.18. The van der Waals surface area contributed by atoms with E-state index in [4.69, 9.17) is 0 Å². The Morgan fingerprint density at radius 3 is 2.79 bits per heavy atom. The number of aryl methyl sites for hydroxylation is 4. The van der Waals surface area contributed by atoms with E-state index in [9.17, 15) is 4.79 Å². The summed E-state index contributed by atoms with van der Waals surface area (Å²) < 4.78 is 1.73. The maximum Gasteiger partial charge on any atom is 0.227 e. The van der Waals surface area contributed by atoms with Gasteiger partial charge in [0.25, 0.3) is 0 Å². The fourth-order valence-electron chi connectivity index (χ4n) is 1.79. The average molecular weight is 259 g/mol. The Morgan fingerprint density at radius 2 is 2.16 bits per heavy atom. The highest BCUT2D eigenvalue weighted by Crippen LogP contribution is 2.06. The predicted octanol–water partition coefficient (Wildman–Crippen LogP) is 1.63. The number of nitrogens with one attached hydrogen (secondary N) is 1. The number of anilines is 1. The number of aromatic nitrogens is 4. The van der Waals surface area contributed by atoms with E-state index in [-0.39, 0.29) is 5.91 Å². The molecular weight excluding hydrogens is 242 g/mol. The van der Waals surface area contributed by atoms with E-state index >= 15 is 0 Å². The molecule has 1 amide bonds. The first-order valence-corrected chi connectivity index (χ1v) is 6.15. The molecule has 0 aliphatic heterocycles. The van der Waals surface area contributed by atoms with Crippen LogP contribution in [0.25, 0.3) is 0 Å². The molecule has 6 heteroatoms. The molecular formula is C13H17N5O. The Bertz CT molecular complexity index is 590. The summed E-state index contributed by atoms with van der Waals surface area (Å²) in [5, 5.41) is 6.98. The molecule has 0 saturated carbocycles. The van der Waals surface area contributed by atoms with Gasteiger partial charge in [-0.1, -0.05) is 0 Å². The molecule has 2 heterocycles. The standard InChI is InChI=1S/C13H17N5O/c1-9-4-6-14-12(8-9)16-13(19)5-7-18-11(3)15-10(2)17-18/h4,6,8H,5,7H2,1-3H3,(H,14,16,19). The lowest BCUT2D eigenvalue weighted by Gasteiger charge is -2.05. The van der Waals surface area contributed by atoms with Crippen LogP contribution in [-0.2, 0) is 11.3 Å². The molecule has 19 heavy (non-hydrogen) atoms. The normalized spacial score (nSPS) is 10.5. The lowest BCUT2D eigenvalue weighted by atomic mass is 10.3. The number of carbonyl (C=O) groups excluding carboxylic acids is 1. The molecule has 0 radical (unpaired) electrons. The molecule has 0 unspecified atom stereocenters. The number of nitrogens with zero attached hydrogens (tertiary/aromatic N) is 4. The van der Waals surface area contributed by atoms with E-state index in [2.05, 4.69) is 20.4 Å². The first kappa shape index (κ1) is 13.2. The van der Waals surface area contributed by atoms with Crippen molar-refractivity contribution in [3.05, 3.63) is 35.5 Å². The molecule has 2 rings (SSSR count). The number of hydrogen-bond acceptors (Lipinski definition) is 4. The number of amides is 1. The molecule has 0 aliphatic rings. The van der Waals surface area contributed by atoms with Crippen LogP contribution in [0.5, 0.6) is 0 Å². The molecule has 6 nitrogen and oxygen atoms in total. The molecule has 0 aliphatic carbocycles. The van der Waals surface area contributed by atoms with Crippen molar-refractivity contribution in [2.45, 2.75) is 33.7 Å². The zero-order valence-corrected chi connectivity index (χ0v) is 11.3. The van der Waals surface area contributed by atoms with Crippen LogP contribution in [0.4, 0.5) is 5.82 Å². The highest BCUT2D eigenvalue weighted by Gasteiger charge is 2.07. The summed E-state index contributed by atoms with van der Waals surface area (Å²) in [5.74, 6) is 2.04. The Hall–Kier alpha value is -2.24. The van der Waals surface area contributed by atoms with Crippen molar-refractivity contribution in [3.63, 3.8) is 0 Å². The van der Waals surface area contributed by atoms with E-state index in [0.717, 1.165) is 17.2 Å². The quantitative estimate of drug-likeness (QED) is 0.905. The van der Waals surface area contributed by atoms with Crippen molar-refractivity contribution in [1.82, 2.24) is 19.7 Å². The molecule has 0 aromatic carbocycles. The van der Waals surface area contributed by atoms with E-state index in [1.54, 1.807) is 10.9 Å². The van der Waals surface area contributed by atoms with Crippen molar-refractivity contribution < 1.29 is 4.79 Å². The second-order valence-electron chi connectivity index (χ2n) is 4.45. The smallest absolute Gasteiger partial charge is 0.227 e. The molecule has 2 aromatic rings. The van der Waals surface area contributed by atoms with Gasteiger partial charge in [0.05, 0.1) is 6.54 Å². The molecule has 0 saturated heterocycles. The van der Waals surface area contributed by atoms with Gasteiger partial charge in [0.1, 0.15) is 17.5 Å². The minimum atomic E-state index is -0.0781. The Labute approximate surface area is 111 Å². The van der Waals surface area contributed by atoms with E-state index in [0.29, 0.717) is 18.8 Å². The maximum absolute atomic E-state index is 11.8. The molecule has 0 spiro atoms. The largest absolute Gasteiger partial charge is 0.311 e. The van der Waals surface area contributed by atoms with Gasteiger partial charge in [0.2, 0.25) is 5.91 Å². The fourth-order valence-corrected chi connectivity index (χ4v) is 1.79. The Morgan fingerprint density at radius 1 is 1.37 bits per heavy atom. The van der Waals surface area contributed by atoms with Crippen LogP contribution < -0.4 is 5.32 Å². The second-order valence-corrected chi connectivity index (χ2v) is 4.45. The van der Waals surface area contributed by atoms with E-state index < -0.39 is 0 Å². The van der Waals surface area contributed by atoms with Crippen LogP contribution in [0.1, 0.15) is 23.6 Å². The summed E-state index contributed by atoms with van der Waals surface area (Å²) >= 11 is 0. The third kappa shape index (κ3) is 3.61. The van der Waals surface area contributed by atoms with Gasteiger partial charge in [-0.15, -0.1) is 0 Å². The van der Waals surface area contributed by atoms with E-state index in [1.807, 2.05) is 32.9 Å². The van der Waals surface area contributed by atoms with Crippen molar-refractivity contribution in [1.29, 1.82) is 0 Å². The van der Waals surface area contributed by atoms with Gasteiger partial charge in [-0.2, -0.15) is 5.10 Å². The lowest BCUT2D eigenvalue weighted by molar-refractivity contribution is -0.116. The molecule has 100 valence electrons. The van der Waals surface area contributed by atoms with E-state index in [1.165, 1.54) is 0 Å². The number of pyridine rings is 1. The van der Waals surface area contributed by atoms with Gasteiger partial charge in [-0.25, -0.2) is 14.6 Å². The van der Waals surface area contributed by atoms with Crippen molar-refractivity contribution in [2.75, 3.05) is 5.32 Å². The highest BCUT2D eigenvalue weighted by atomic mass is 16.1. The first-order valence-electron chi connectivity index (χ1n) is 6.15. The third-order valence-electron chi connectivity index (χ3n) is 2.70. The van der Waals surface area contributed by atoms with Crippen molar-refractivity contribution >= 4 is 11.7 Å². The van der Waals surface area contributed by atoms with Gasteiger partial charge >= 0.3 is 0 Å². The lowest BCUT2D eigenvalue weighted by Crippen LogP contribution is -2.16.